The zero-order valence-electron chi connectivity index (χ0n) is 7.74. The molecular weight excluding hydrogens is 124 g/mol. The van der Waals surface area contributed by atoms with E-state index in [-0.39, 0.29) is 0 Å². The molecular formula is C9H20O. The van der Waals surface area contributed by atoms with Gasteiger partial charge < -0.3 is 4.74 Å². The maximum absolute atomic E-state index is 5.27. The van der Waals surface area contributed by atoms with Gasteiger partial charge in [-0.1, -0.05) is 27.2 Å². The minimum atomic E-state index is 0.467. The van der Waals surface area contributed by atoms with E-state index in [0.717, 1.165) is 13.2 Å². The van der Waals surface area contributed by atoms with Gasteiger partial charge in [-0.25, -0.2) is 0 Å². The predicted molar refractivity (Wildman–Crippen MR) is 45.2 cm³/mol. The highest BCUT2D eigenvalue weighted by atomic mass is 16.5. The van der Waals surface area contributed by atoms with E-state index in [2.05, 4.69) is 20.8 Å². The van der Waals surface area contributed by atoms with Crippen molar-refractivity contribution < 1.29 is 4.74 Å². The molecule has 0 fully saturated rings. The van der Waals surface area contributed by atoms with Crippen molar-refractivity contribution in [3.8, 4) is 0 Å². The lowest BCUT2D eigenvalue weighted by atomic mass is 9.87. The number of hydrogen-bond acceptors (Lipinski definition) is 1. The van der Waals surface area contributed by atoms with Crippen LogP contribution in [0.3, 0.4) is 0 Å². The van der Waals surface area contributed by atoms with E-state index in [9.17, 15) is 0 Å². The van der Waals surface area contributed by atoms with Gasteiger partial charge in [-0.2, -0.15) is 0 Å². The van der Waals surface area contributed by atoms with Crippen molar-refractivity contribution in [1.82, 2.24) is 0 Å². The van der Waals surface area contributed by atoms with Crippen LogP contribution in [0.25, 0.3) is 0 Å². The fraction of sp³-hybridized carbons (Fsp3) is 1.00. The minimum Gasteiger partial charge on any atom is -0.382 e. The van der Waals surface area contributed by atoms with Crippen molar-refractivity contribution in [3.05, 3.63) is 0 Å². The summed E-state index contributed by atoms with van der Waals surface area (Å²) in [7, 11) is 0. The highest BCUT2D eigenvalue weighted by Gasteiger charge is 2.13. The van der Waals surface area contributed by atoms with Gasteiger partial charge in [0.25, 0.3) is 0 Å². The first-order valence-corrected chi connectivity index (χ1v) is 4.20. The third kappa shape index (κ3) is 4.80. The molecule has 0 N–H and O–H groups in total. The fourth-order valence-electron chi connectivity index (χ4n) is 0.670. The molecule has 0 aromatic carbocycles. The highest BCUT2D eigenvalue weighted by Crippen LogP contribution is 2.23. The predicted octanol–water partition coefficient (Wildman–Crippen LogP) is 2.85. The summed E-state index contributed by atoms with van der Waals surface area (Å²) in [5.74, 6) is 0. The van der Waals surface area contributed by atoms with Crippen LogP contribution in [-0.4, -0.2) is 13.2 Å². The lowest BCUT2D eigenvalue weighted by molar-refractivity contribution is 0.113. The Bertz CT molecular complexity index is 76.8. The molecule has 0 spiro atoms. The van der Waals surface area contributed by atoms with Gasteiger partial charge in [0, 0.05) is 13.2 Å². The van der Waals surface area contributed by atoms with E-state index in [1.807, 2.05) is 6.92 Å². The normalized spacial score (nSPS) is 12.0. The average Bonchev–Trinajstić information content (AvgIpc) is 1.89. The van der Waals surface area contributed by atoms with Crippen LogP contribution in [0.2, 0.25) is 0 Å². The molecule has 0 heterocycles. The number of ether oxygens (including phenoxy) is 1. The van der Waals surface area contributed by atoms with E-state index < -0.39 is 0 Å². The summed E-state index contributed by atoms with van der Waals surface area (Å²) in [6.07, 6.45) is 2.41. The summed E-state index contributed by atoms with van der Waals surface area (Å²) in [6, 6.07) is 0. The summed E-state index contributed by atoms with van der Waals surface area (Å²) in [5.41, 5.74) is 0.467. The SMILES string of the molecule is CCOCCC(C)(C)CC. The van der Waals surface area contributed by atoms with Crippen LogP contribution in [0, 0.1) is 5.41 Å². The van der Waals surface area contributed by atoms with Crippen molar-refractivity contribution in [3.63, 3.8) is 0 Å². The van der Waals surface area contributed by atoms with Gasteiger partial charge in [0.1, 0.15) is 0 Å². The lowest BCUT2D eigenvalue weighted by Crippen LogP contribution is -2.12. The molecule has 0 aromatic rings. The van der Waals surface area contributed by atoms with Gasteiger partial charge in [0.15, 0.2) is 0 Å². The number of rotatable bonds is 5. The topological polar surface area (TPSA) is 9.23 Å². The van der Waals surface area contributed by atoms with Crippen LogP contribution in [0.15, 0.2) is 0 Å². The Hall–Kier alpha value is -0.0400. The van der Waals surface area contributed by atoms with Crippen molar-refractivity contribution in [1.29, 1.82) is 0 Å². The Morgan fingerprint density at radius 3 is 2.20 bits per heavy atom. The Morgan fingerprint density at radius 1 is 1.20 bits per heavy atom. The Morgan fingerprint density at radius 2 is 1.80 bits per heavy atom. The summed E-state index contributed by atoms with van der Waals surface area (Å²) in [6.45, 7) is 10.6. The van der Waals surface area contributed by atoms with Crippen LogP contribution < -0.4 is 0 Å². The fourth-order valence-corrected chi connectivity index (χ4v) is 0.670. The molecule has 0 aliphatic carbocycles. The summed E-state index contributed by atoms with van der Waals surface area (Å²) in [5, 5.41) is 0. The molecule has 0 radical (unpaired) electrons. The third-order valence-electron chi connectivity index (χ3n) is 2.08. The van der Waals surface area contributed by atoms with Gasteiger partial charge in [-0.3, -0.25) is 0 Å². The van der Waals surface area contributed by atoms with E-state index in [1.54, 1.807) is 0 Å². The van der Waals surface area contributed by atoms with Crippen LogP contribution >= 0.6 is 0 Å². The van der Waals surface area contributed by atoms with Crippen LogP contribution in [0.5, 0.6) is 0 Å². The van der Waals surface area contributed by atoms with Crippen LogP contribution in [0.4, 0.5) is 0 Å². The molecule has 0 amide bonds. The summed E-state index contributed by atoms with van der Waals surface area (Å²) >= 11 is 0. The van der Waals surface area contributed by atoms with Gasteiger partial charge in [-0.15, -0.1) is 0 Å². The van der Waals surface area contributed by atoms with Crippen LogP contribution in [0.1, 0.15) is 40.5 Å². The van der Waals surface area contributed by atoms with Crippen molar-refractivity contribution in [2.45, 2.75) is 40.5 Å². The zero-order valence-corrected chi connectivity index (χ0v) is 7.74. The molecule has 0 saturated heterocycles. The first-order chi connectivity index (χ1) is 4.62. The smallest absolute Gasteiger partial charge is 0.0470 e. The van der Waals surface area contributed by atoms with E-state index in [0.29, 0.717) is 5.41 Å². The van der Waals surface area contributed by atoms with Crippen molar-refractivity contribution in [2.24, 2.45) is 5.41 Å². The van der Waals surface area contributed by atoms with Crippen LogP contribution in [-0.2, 0) is 4.74 Å². The molecule has 0 rings (SSSR count). The molecule has 1 heteroatoms. The monoisotopic (exact) mass is 144 g/mol. The van der Waals surface area contributed by atoms with E-state index >= 15 is 0 Å². The van der Waals surface area contributed by atoms with Crippen molar-refractivity contribution >= 4 is 0 Å². The zero-order chi connectivity index (χ0) is 8.04. The molecule has 0 saturated carbocycles. The molecule has 62 valence electrons. The third-order valence-corrected chi connectivity index (χ3v) is 2.08. The summed E-state index contributed by atoms with van der Waals surface area (Å²) < 4.78 is 5.27. The standard InChI is InChI=1S/C9H20O/c1-5-9(3,4)7-8-10-6-2/h5-8H2,1-4H3. The number of hydrogen-bond donors (Lipinski definition) is 0. The maximum atomic E-state index is 5.27. The summed E-state index contributed by atoms with van der Waals surface area (Å²) in [4.78, 5) is 0. The molecule has 10 heavy (non-hydrogen) atoms. The largest absolute Gasteiger partial charge is 0.382 e. The Balaban J connectivity index is 3.28. The quantitative estimate of drug-likeness (QED) is 0.539. The Kier molecular flexibility index (Phi) is 4.71. The second kappa shape index (κ2) is 4.73. The van der Waals surface area contributed by atoms with E-state index in [4.69, 9.17) is 4.74 Å². The first kappa shape index (κ1) is 9.96. The maximum Gasteiger partial charge on any atom is 0.0470 e. The van der Waals surface area contributed by atoms with Gasteiger partial charge >= 0.3 is 0 Å². The lowest BCUT2D eigenvalue weighted by Gasteiger charge is -2.21. The first-order valence-electron chi connectivity index (χ1n) is 4.20. The Labute approximate surface area is 64.8 Å². The second-order valence-electron chi connectivity index (χ2n) is 3.46. The molecule has 0 aromatic heterocycles. The minimum absolute atomic E-state index is 0.467. The van der Waals surface area contributed by atoms with Gasteiger partial charge in [0.2, 0.25) is 0 Å². The van der Waals surface area contributed by atoms with Gasteiger partial charge in [0.05, 0.1) is 0 Å². The molecule has 0 unspecified atom stereocenters. The average molecular weight is 144 g/mol. The van der Waals surface area contributed by atoms with Gasteiger partial charge in [-0.05, 0) is 18.8 Å². The van der Waals surface area contributed by atoms with E-state index in [1.165, 1.54) is 12.8 Å². The highest BCUT2D eigenvalue weighted by molar-refractivity contribution is 4.64. The molecule has 0 aliphatic heterocycles. The van der Waals surface area contributed by atoms with Crippen molar-refractivity contribution in [2.75, 3.05) is 13.2 Å². The molecule has 0 atom stereocenters. The molecule has 1 nitrogen and oxygen atoms in total. The molecule has 0 aliphatic rings. The molecule has 0 bridgehead atoms. The second-order valence-corrected chi connectivity index (χ2v) is 3.46.